The summed E-state index contributed by atoms with van der Waals surface area (Å²) in [5.41, 5.74) is 7.20. The quantitative estimate of drug-likeness (QED) is 0.838. The van der Waals surface area contributed by atoms with Gasteiger partial charge < -0.3 is 15.0 Å². The molecule has 0 atom stereocenters. The van der Waals surface area contributed by atoms with Gasteiger partial charge in [0.25, 0.3) is 0 Å². The number of benzene rings is 1. The summed E-state index contributed by atoms with van der Waals surface area (Å²) in [5, 5.41) is 1.05. The first-order valence-electron chi connectivity index (χ1n) is 5.80. The van der Waals surface area contributed by atoms with E-state index in [0.717, 1.165) is 28.8 Å². The predicted molar refractivity (Wildman–Crippen MR) is 72.4 cm³/mol. The van der Waals surface area contributed by atoms with Crippen LogP contribution in [0.2, 0.25) is 0 Å². The topological polar surface area (TPSA) is 57.2 Å². The number of amides is 1. The highest BCUT2D eigenvalue weighted by Gasteiger charge is 2.06. The van der Waals surface area contributed by atoms with Gasteiger partial charge in [-0.3, -0.25) is 4.79 Å². The molecule has 4 heteroatoms. The Hall–Kier alpha value is -2.23. The summed E-state index contributed by atoms with van der Waals surface area (Å²) in [6.07, 6.45) is 5.11. The number of aryl methyl sites for hydroxylation is 1. The zero-order valence-corrected chi connectivity index (χ0v) is 10.5. The lowest BCUT2D eigenvalue weighted by atomic mass is 10.1. The Bertz CT molecular complexity index is 612. The minimum absolute atomic E-state index is 0.449. The second-order valence-corrected chi connectivity index (χ2v) is 3.99. The third kappa shape index (κ3) is 2.22. The number of methoxy groups -OCH3 is 1. The number of carbonyl (C=O) groups is 1. The molecular weight excluding hydrogens is 228 g/mol. The number of fused-ring (bicyclic) bond motifs is 1. The van der Waals surface area contributed by atoms with Crippen molar-refractivity contribution in [3.8, 4) is 5.75 Å². The van der Waals surface area contributed by atoms with E-state index in [0.29, 0.717) is 0 Å². The molecule has 0 saturated heterocycles. The van der Waals surface area contributed by atoms with Crippen LogP contribution < -0.4 is 10.5 Å². The summed E-state index contributed by atoms with van der Waals surface area (Å²) in [5.74, 6) is 0.348. The van der Waals surface area contributed by atoms with Crippen molar-refractivity contribution in [1.82, 2.24) is 4.57 Å². The molecule has 1 aromatic heterocycles. The van der Waals surface area contributed by atoms with Crippen LogP contribution in [0.25, 0.3) is 17.0 Å². The number of nitrogens with zero attached hydrogens (tertiary/aromatic N) is 1. The molecule has 0 radical (unpaired) electrons. The molecule has 0 fully saturated rings. The first-order chi connectivity index (χ1) is 8.65. The molecule has 0 aliphatic carbocycles. The average molecular weight is 244 g/mol. The van der Waals surface area contributed by atoms with Gasteiger partial charge in [-0.25, -0.2) is 0 Å². The average Bonchev–Trinajstić information content (AvgIpc) is 2.73. The molecule has 0 aliphatic rings. The number of carbonyl (C=O) groups excluding carboxylic acids is 1. The lowest BCUT2D eigenvalue weighted by Gasteiger charge is -2.02. The lowest BCUT2D eigenvalue weighted by Crippen LogP contribution is -2.04. The molecule has 0 spiro atoms. The number of aromatic nitrogens is 1. The highest BCUT2D eigenvalue weighted by Crippen LogP contribution is 2.26. The van der Waals surface area contributed by atoms with Crippen molar-refractivity contribution in [2.45, 2.75) is 13.5 Å². The highest BCUT2D eigenvalue weighted by molar-refractivity contribution is 5.96. The van der Waals surface area contributed by atoms with Crippen molar-refractivity contribution in [1.29, 1.82) is 0 Å². The van der Waals surface area contributed by atoms with E-state index < -0.39 is 5.91 Å². The molecular formula is C14H16N2O2. The Morgan fingerprint density at radius 3 is 2.89 bits per heavy atom. The van der Waals surface area contributed by atoms with Crippen molar-refractivity contribution in [3.05, 3.63) is 36.0 Å². The van der Waals surface area contributed by atoms with Gasteiger partial charge in [0.2, 0.25) is 5.91 Å². The van der Waals surface area contributed by atoms with E-state index in [-0.39, 0.29) is 0 Å². The molecule has 4 nitrogen and oxygen atoms in total. The second kappa shape index (κ2) is 4.96. The van der Waals surface area contributed by atoms with Crippen LogP contribution in [0.15, 0.2) is 30.5 Å². The van der Waals surface area contributed by atoms with Crippen LogP contribution in [0, 0.1) is 0 Å². The minimum atomic E-state index is -0.449. The molecule has 0 bridgehead atoms. The predicted octanol–water partition coefficient (Wildman–Crippen LogP) is 2.17. The fourth-order valence-electron chi connectivity index (χ4n) is 2.00. The minimum Gasteiger partial charge on any atom is -0.497 e. The molecule has 18 heavy (non-hydrogen) atoms. The maximum absolute atomic E-state index is 10.8. The molecule has 1 aromatic carbocycles. The van der Waals surface area contributed by atoms with E-state index in [4.69, 9.17) is 10.5 Å². The Morgan fingerprint density at radius 1 is 1.50 bits per heavy atom. The molecule has 1 amide bonds. The number of ether oxygens (including phenoxy) is 1. The first kappa shape index (κ1) is 12.2. The van der Waals surface area contributed by atoms with Crippen LogP contribution in [0.1, 0.15) is 12.5 Å². The van der Waals surface area contributed by atoms with E-state index in [2.05, 4.69) is 11.5 Å². The molecule has 2 N–H and O–H groups in total. The summed E-state index contributed by atoms with van der Waals surface area (Å²) >= 11 is 0. The van der Waals surface area contributed by atoms with Crippen molar-refractivity contribution in [2.24, 2.45) is 5.73 Å². The van der Waals surface area contributed by atoms with Crippen molar-refractivity contribution < 1.29 is 9.53 Å². The molecule has 0 aliphatic heterocycles. The van der Waals surface area contributed by atoms with Gasteiger partial charge in [0.1, 0.15) is 5.75 Å². The van der Waals surface area contributed by atoms with Crippen LogP contribution in [0.5, 0.6) is 5.75 Å². The van der Waals surface area contributed by atoms with E-state index in [1.165, 1.54) is 6.08 Å². The summed E-state index contributed by atoms with van der Waals surface area (Å²) in [6.45, 7) is 2.94. The number of hydrogen-bond donors (Lipinski definition) is 1. The summed E-state index contributed by atoms with van der Waals surface area (Å²) in [4.78, 5) is 10.8. The Kier molecular flexibility index (Phi) is 3.37. The van der Waals surface area contributed by atoms with Gasteiger partial charge in [-0.05, 0) is 31.2 Å². The molecule has 2 rings (SSSR count). The maximum Gasteiger partial charge on any atom is 0.241 e. The van der Waals surface area contributed by atoms with Crippen LogP contribution in [-0.2, 0) is 11.3 Å². The van der Waals surface area contributed by atoms with E-state index in [9.17, 15) is 4.79 Å². The third-order valence-corrected chi connectivity index (χ3v) is 2.89. The van der Waals surface area contributed by atoms with Gasteiger partial charge in [-0.15, -0.1) is 0 Å². The third-order valence-electron chi connectivity index (χ3n) is 2.89. The van der Waals surface area contributed by atoms with Crippen LogP contribution in [0.4, 0.5) is 0 Å². The maximum atomic E-state index is 10.8. The van der Waals surface area contributed by atoms with Gasteiger partial charge in [0.05, 0.1) is 7.11 Å². The van der Waals surface area contributed by atoms with Gasteiger partial charge in [-0.1, -0.05) is 0 Å². The zero-order valence-electron chi connectivity index (χ0n) is 10.5. The Labute approximate surface area is 106 Å². The van der Waals surface area contributed by atoms with Crippen LogP contribution in [-0.4, -0.2) is 17.6 Å². The summed E-state index contributed by atoms with van der Waals surface area (Å²) in [6, 6.07) is 5.90. The van der Waals surface area contributed by atoms with Crippen LogP contribution >= 0.6 is 0 Å². The van der Waals surface area contributed by atoms with Crippen LogP contribution in [0.3, 0.4) is 0 Å². The van der Waals surface area contributed by atoms with Crippen molar-refractivity contribution >= 4 is 22.9 Å². The second-order valence-electron chi connectivity index (χ2n) is 3.99. The van der Waals surface area contributed by atoms with E-state index in [1.54, 1.807) is 13.2 Å². The first-order valence-corrected chi connectivity index (χ1v) is 5.80. The normalized spacial score (nSPS) is 11.2. The van der Waals surface area contributed by atoms with Gasteiger partial charge >= 0.3 is 0 Å². The number of primary amides is 1. The zero-order chi connectivity index (χ0) is 13.1. The summed E-state index contributed by atoms with van der Waals surface area (Å²) in [7, 11) is 1.64. The van der Waals surface area contributed by atoms with E-state index in [1.807, 2.05) is 24.4 Å². The fourth-order valence-corrected chi connectivity index (χ4v) is 2.00. The summed E-state index contributed by atoms with van der Waals surface area (Å²) < 4.78 is 7.34. The number of hydrogen-bond acceptors (Lipinski definition) is 2. The molecule has 94 valence electrons. The molecule has 2 aromatic rings. The Balaban J connectivity index is 2.60. The van der Waals surface area contributed by atoms with Gasteiger partial charge in [0.15, 0.2) is 0 Å². The largest absolute Gasteiger partial charge is 0.497 e. The Morgan fingerprint density at radius 2 is 2.28 bits per heavy atom. The van der Waals surface area contributed by atoms with Gasteiger partial charge in [-0.2, -0.15) is 0 Å². The molecule has 1 heterocycles. The van der Waals surface area contributed by atoms with Crippen molar-refractivity contribution in [2.75, 3.05) is 7.11 Å². The fraction of sp³-hybridized carbons (Fsp3) is 0.214. The SMILES string of the molecule is CCn1cc(C=CC(N)=O)c2cc(OC)ccc21. The molecule has 0 unspecified atom stereocenters. The standard InChI is InChI=1S/C14H16N2O2/c1-3-16-9-10(4-7-14(15)17)12-8-11(18-2)5-6-13(12)16/h4-9H,3H2,1-2H3,(H2,15,17). The lowest BCUT2D eigenvalue weighted by molar-refractivity contribution is -0.113. The monoisotopic (exact) mass is 244 g/mol. The van der Waals surface area contributed by atoms with Crippen molar-refractivity contribution in [3.63, 3.8) is 0 Å². The number of nitrogens with two attached hydrogens (primary N) is 1. The molecule has 0 saturated carbocycles. The van der Waals surface area contributed by atoms with E-state index >= 15 is 0 Å². The number of rotatable bonds is 4. The highest BCUT2D eigenvalue weighted by atomic mass is 16.5. The van der Waals surface area contributed by atoms with Gasteiger partial charge in [0, 0.05) is 35.3 Å². The smallest absolute Gasteiger partial charge is 0.241 e.